The molecule has 3 aromatic rings. The third-order valence-electron chi connectivity index (χ3n) is 5.67. The predicted molar refractivity (Wildman–Crippen MR) is 103 cm³/mol. The van der Waals surface area contributed by atoms with Gasteiger partial charge in [-0.25, -0.2) is 14.6 Å². The van der Waals surface area contributed by atoms with Gasteiger partial charge in [-0.2, -0.15) is 5.10 Å². The lowest BCUT2D eigenvalue weighted by Crippen LogP contribution is -2.42. The van der Waals surface area contributed by atoms with Gasteiger partial charge in [0.05, 0.1) is 29.8 Å². The summed E-state index contributed by atoms with van der Waals surface area (Å²) in [4.78, 5) is 36.3. The lowest BCUT2D eigenvalue weighted by atomic mass is 10.2. The molecule has 2 aromatic heterocycles. The molecule has 1 aromatic carbocycles. The fourth-order valence-corrected chi connectivity index (χ4v) is 3.86. The van der Waals surface area contributed by atoms with Crippen molar-refractivity contribution < 1.29 is 4.79 Å². The molecule has 5 rings (SSSR count). The highest BCUT2D eigenvalue weighted by Crippen LogP contribution is 2.39. The first kappa shape index (κ1) is 17.1. The lowest BCUT2D eigenvalue weighted by Gasteiger charge is -2.33. The van der Waals surface area contributed by atoms with Crippen molar-refractivity contribution in [3.05, 3.63) is 52.6 Å². The Morgan fingerprint density at radius 1 is 1.21 bits per heavy atom. The molecule has 0 bridgehead atoms. The van der Waals surface area contributed by atoms with E-state index < -0.39 is 0 Å². The topological polar surface area (TPSA) is 85.9 Å². The standard InChI is InChI=1S/C20H22N6O2/c1-13-19-22-18(14-6-7-14)23-26(19)11-10-25(13)17(27)8-9-24-12-21-16-5-3-2-4-15(16)20(24)28/h2-5,12-14H,6-11H2,1H3/t13-/m1/s1. The Morgan fingerprint density at radius 3 is 2.86 bits per heavy atom. The zero-order valence-electron chi connectivity index (χ0n) is 15.8. The molecule has 2 aliphatic rings. The molecule has 1 fully saturated rings. The number of hydrogen-bond acceptors (Lipinski definition) is 5. The van der Waals surface area contributed by atoms with Crippen LogP contribution in [-0.4, -0.2) is 41.7 Å². The van der Waals surface area contributed by atoms with Gasteiger partial charge in [0, 0.05) is 25.4 Å². The lowest BCUT2D eigenvalue weighted by molar-refractivity contribution is -0.134. The van der Waals surface area contributed by atoms with Gasteiger partial charge in [-0.05, 0) is 31.9 Å². The van der Waals surface area contributed by atoms with Crippen molar-refractivity contribution in [3.8, 4) is 0 Å². The molecule has 0 spiro atoms. The number of carbonyl (C=O) groups excluding carboxylic acids is 1. The van der Waals surface area contributed by atoms with E-state index in [-0.39, 0.29) is 23.9 Å². The molecule has 0 unspecified atom stereocenters. The van der Waals surface area contributed by atoms with Gasteiger partial charge in [0.1, 0.15) is 5.82 Å². The molecule has 3 heterocycles. The van der Waals surface area contributed by atoms with Gasteiger partial charge in [0.25, 0.3) is 5.56 Å². The molecule has 1 amide bonds. The average molecular weight is 378 g/mol. The summed E-state index contributed by atoms with van der Waals surface area (Å²) in [6.07, 6.45) is 4.11. The van der Waals surface area contributed by atoms with Crippen LogP contribution in [0.5, 0.6) is 0 Å². The van der Waals surface area contributed by atoms with Crippen LogP contribution < -0.4 is 5.56 Å². The second-order valence-corrected chi connectivity index (χ2v) is 7.60. The van der Waals surface area contributed by atoms with Crippen molar-refractivity contribution in [2.24, 2.45) is 0 Å². The number of amides is 1. The summed E-state index contributed by atoms with van der Waals surface area (Å²) < 4.78 is 3.46. The summed E-state index contributed by atoms with van der Waals surface area (Å²) in [7, 11) is 0. The Hall–Kier alpha value is -3.03. The number of rotatable bonds is 4. The van der Waals surface area contributed by atoms with Crippen molar-refractivity contribution in [2.75, 3.05) is 6.54 Å². The van der Waals surface area contributed by atoms with Crippen LogP contribution in [0.2, 0.25) is 0 Å². The molecular weight excluding hydrogens is 356 g/mol. The number of nitrogens with zero attached hydrogens (tertiary/aromatic N) is 6. The number of fused-ring (bicyclic) bond motifs is 2. The van der Waals surface area contributed by atoms with E-state index in [4.69, 9.17) is 0 Å². The Bertz CT molecular complexity index is 1110. The molecule has 1 atom stereocenters. The van der Waals surface area contributed by atoms with Crippen molar-refractivity contribution >= 4 is 16.8 Å². The molecule has 1 aliphatic heterocycles. The second kappa shape index (κ2) is 6.54. The molecule has 0 N–H and O–H groups in total. The van der Waals surface area contributed by atoms with Crippen LogP contribution in [0.1, 0.15) is 49.8 Å². The molecule has 8 nitrogen and oxygen atoms in total. The number of hydrogen-bond donors (Lipinski definition) is 0. The van der Waals surface area contributed by atoms with Crippen molar-refractivity contribution in [3.63, 3.8) is 0 Å². The second-order valence-electron chi connectivity index (χ2n) is 7.60. The number of benzene rings is 1. The summed E-state index contributed by atoms with van der Waals surface area (Å²) in [5.74, 6) is 2.31. The van der Waals surface area contributed by atoms with Gasteiger partial charge in [0.2, 0.25) is 5.91 Å². The maximum atomic E-state index is 12.9. The van der Waals surface area contributed by atoms with Crippen LogP contribution in [0.25, 0.3) is 10.9 Å². The highest BCUT2D eigenvalue weighted by atomic mass is 16.2. The molecule has 0 saturated heterocycles. The number of carbonyl (C=O) groups is 1. The van der Waals surface area contributed by atoms with E-state index in [0.717, 1.165) is 24.5 Å². The first-order valence-corrected chi connectivity index (χ1v) is 9.80. The average Bonchev–Trinajstić information content (AvgIpc) is 3.47. The largest absolute Gasteiger partial charge is 0.331 e. The predicted octanol–water partition coefficient (Wildman–Crippen LogP) is 1.86. The Labute approximate surface area is 161 Å². The first-order valence-electron chi connectivity index (χ1n) is 9.80. The minimum atomic E-state index is -0.112. The van der Waals surface area contributed by atoms with Gasteiger partial charge >= 0.3 is 0 Å². The van der Waals surface area contributed by atoms with E-state index in [9.17, 15) is 9.59 Å². The Morgan fingerprint density at radius 2 is 2.04 bits per heavy atom. The van der Waals surface area contributed by atoms with Crippen LogP contribution in [0.15, 0.2) is 35.4 Å². The minimum Gasteiger partial charge on any atom is -0.331 e. The molecule has 144 valence electrons. The van der Waals surface area contributed by atoms with E-state index in [1.165, 1.54) is 10.9 Å². The molecule has 1 aliphatic carbocycles. The van der Waals surface area contributed by atoms with E-state index in [1.54, 1.807) is 6.07 Å². The molecule has 0 radical (unpaired) electrons. The Kier molecular flexibility index (Phi) is 3.99. The summed E-state index contributed by atoms with van der Waals surface area (Å²) in [5, 5.41) is 5.18. The summed E-state index contributed by atoms with van der Waals surface area (Å²) >= 11 is 0. The van der Waals surface area contributed by atoms with Crippen molar-refractivity contribution in [2.45, 2.75) is 51.2 Å². The third kappa shape index (κ3) is 2.89. The maximum absolute atomic E-state index is 12.9. The van der Waals surface area contributed by atoms with E-state index in [1.807, 2.05) is 34.7 Å². The van der Waals surface area contributed by atoms with Crippen LogP contribution in [0.4, 0.5) is 0 Å². The summed E-state index contributed by atoms with van der Waals surface area (Å²) in [6.45, 7) is 3.60. The fourth-order valence-electron chi connectivity index (χ4n) is 3.86. The fraction of sp³-hybridized carbons (Fsp3) is 0.450. The van der Waals surface area contributed by atoms with E-state index in [2.05, 4.69) is 15.1 Å². The normalized spacial score (nSPS) is 19.0. The highest BCUT2D eigenvalue weighted by molar-refractivity contribution is 5.78. The monoisotopic (exact) mass is 378 g/mol. The van der Waals surface area contributed by atoms with Crippen LogP contribution in [0.3, 0.4) is 0 Å². The highest BCUT2D eigenvalue weighted by Gasteiger charge is 2.34. The number of aryl methyl sites for hydroxylation is 1. The molecular formula is C20H22N6O2. The van der Waals surface area contributed by atoms with E-state index in [0.29, 0.717) is 36.5 Å². The quantitative estimate of drug-likeness (QED) is 0.692. The minimum absolute atomic E-state index is 0.0229. The van der Waals surface area contributed by atoms with Crippen LogP contribution in [0, 0.1) is 0 Å². The first-order chi connectivity index (χ1) is 13.6. The molecule has 1 saturated carbocycles. The SMILES string of the molecule is C[C@@H]1c2nc(C3CC3)nn2CCN1C(=O)CCn1cnc2ccccc2c1=O. The summed E-state index contributed by atoms with van der Waals surface area (Å²) in [6, 6.07) is 7.15. The molecule has 8 heteroatoms. The van der Waals surface area contributed by atoms with Gasteiger partial charge in [0.15, 0.2) is 5.82 Å². The molecule has 28 heavy (non-hydrogen) atoms. The van der Waals surface area contributed by atoms with Crippen LogP contribution >= 0.6 is 0 Å². The number of aromatic nitrogens is 5. The third-order valence-corrected chi connectivity index (χ3v) is 5.67. The Balaban J connectivity index is 1.30. The van der Waals surface area contributed by atoms with E-state index >= 15 is 0 Å². The summed E-state index contributed by atoms with van der Waals surface area (Å²) in [5.41, 5.74) is 0.560. The van der Waals surface area contributed by atoms with Crippen LogP contribution in [-0.2, 0) is 17.9 Å². The smallest absolute Gasteiger partial charge is 0.261 e. The van der Waals surface area contributed by atoms with Gasteiger partial charge in [-0.1, -0.05) is 12.1 Å². The zero-order valence-corrected chi connectivity index (χ0v) is 15.8. The maximum Gasteiger partial charge on any atom is 0.261 e. The van der Waals surface area contributed by atoms with Crippen molar-refractivity contribution in [1.82, 2.24) is 29.2 Å². The van der Waals surface area contributed by atoms with Gasteiger partial charge < -0.3 is 4.90 Å². The zero-order chi connectivity index (χ0) is 19.3. The van der Waals surface area contributed by atoms with Crippen molar-refractivity contribution in [1.29, 1.82) is 0 Å². The number of para-hydroxylation sites is 1. The van der Waals surface area contributed by atoms with Gasteiger partial charge in [-0.3, -0.25) is 14.2 Å². The van der Waals surface area contributed by atoms with Gasteiger partial charge in [-0.15, -0.1) is 0 Å².